The maximum atomic E-state index is 12.1. The standard InChI is InChI=1S/C18H35NO2/c1-13(2)15(8-9-19)6-7-17(20)21-16-10-14(3)11-18(4,5)12-16/h13-16H,6-12,19H2,1-5H3. The first kappa shape index (κ1) is 18.5. The highest BCUT2D eigenvalue weighted by atomic mass is 16.5. The van der Waals surface area contributed by atoms with Gasteiger partial charge in [0.05, 0.1) is 0 Å². The zero-order valence-corrected chi connectivity index (χ0v) is 14.7. The van der Waals surface area contributed by atoms with E-state index in [4.69, 9.17) is 10.5 Å². The highest BCUT2D eigenvalue weighted by molar-refractivity contribution is 5.69. The predicted molar refractivity (Wildman–Crippen MR) is 87.9 cm³/mol. The summed E-state index contributed by atoms with van der Waals surface area (Å²) in [5, 5.41) is 0. The van der Waals surface area contributed by atoms with E-state index in [9.17, 15) is 4.79 Å². The molecule has 0 aliphatic heterocycles. The van der Waals surface area contributed by atoms with Gasteiger partial charge in [0.15, 0.2) is 0 Å². The van der Waals surface area contributed by atoms with E-state index in [-0.39, 0.29) is 12.1 Å². The third-order valence-corrected chi connectivity index (χ3v) is 4.84. The summed E-state index contributed by atoms with van der Waals surface area (Å²) in [6.45, 7) is 11.9. The Labute approximate surface area is 131 Å². The van der Waals surface area contributed by atoms with E-state index in [1.54, 1.807) is 0 Å². The highest BCUT2D eigenvalue weighted by Crippen LogP contribution is 2.39. The van der Waals surface area contributed by atoms with Gasteiger partial charge in [-0.25, -0.2) is 0 Å². The van der Waals surface area contributed by atoms with Crippen LogP contribution in [-0.2, 0) is 9.53 Å². The molecule has 1 saturated carbocycles. The van der Waals surface area contributed by atoms with Crippen molar-refractivity contribution in [1.82, 2.24) is 0 Å². The summed E-state index contributed by atoms with van der Waals surface area (Å²) in [4.78, 5) is 12.1. The summed E-state index contributed by atoms with van der Waals surface area (Å²) >= 11 is 0. The second kappa shape index (κ2) is 8.17. The van der Waals surface area contributed by atoms with Crippen molar-refractivity contribution in [3.05, 3.63) is 0 Å². The molecule has 0 aromatic carbocycles. The van der Waals surface area contributed by atoms with E-state index in [0.29, 0.717) is 36.1 Å². The lowest BCUT2D eigenvalue weighted by Crippen LogP contribution is -2.34. The van der Waals surface area contributed by atoms with Crippen LogP contribution in [0.25, 0.3) is 0 Å². The van der Waals surface area contributed by atoms with Crippen LogP contribution in [0.3, 0.4) is 0 Å². The summed E-state index contributed by atoms with van der Waals surface area (Å²) in [5.41, 5.74) is 5.95. The molecular formula is C18H35NO2. The maximum absolute atomic E-state index is 12.1. The van der Waals surface area contributed by atoms with Gasteiger partial charge in [0.1, 0.15) is 6.10 Å². The van der Waals surface area contributed by atoms with Crippen LogP contribution < -0.4 is 5.73 Å². The van der Waals surface area contributed by atoms with Crippen LogP contribution >= 0.6 is 0 Å². The first-order chi connectivity index (χ1) is 9.73. The smallest absolute Gasteiger partial charge is 0.306 e. The van der Waals surface area contributed by atoms with Crippen LogP contribution in [0.2, 0.25) is 0 Å². The lowest BCUT2D eigenvalue weighted by Gasteiger charge is -2.38. The molecule has 0 heterocycles. The van der Waals surface area contributed by atoms with Crippen molar-refractivity contribution in [3.8, 4) is 0 Å². The maximum Gasteiger partial charge on any atom is 0.306 e. The number of carbonyl (C=O) groups excluding carboxylic acids is 1. The molecule has 3 nitrogen and oxygen atoms in total. The molecule has 0 aromatic rings. The van der Waals surface area contributed by atoms with Gasteiger partial charge in [-0.2, -0.15) is 0 Å². The Morgan fingerprint density at radius 3 is 2.48 bits per heavy atom. The van der Waals surface area contributed by atoms with Crippen molar-refractivity contribution < 1.29 is 9.53 Å². The van der Waals surface area contributed by atoms with Crippen molar-refractivity contribution in [2.45, 2.75) is 79.2 Å². The van der Waals surface area contributed by atoms with E-state index >= 15 is 0 Å². The number of nitrogens with two attached hydrogens (primary N) is 1. The van der Waals surface area contributed by atoms with Gasteiger partial charge in [0.2, 0.25) is 0 Å². The minimum absolute atomic E-state index is 0.0208. The molecule has 0 amide bonds. The summed E-state index contributed by atoms with van der Waals surface area (Å²) in [6.07, 6.45) is 5.80. The van der Waals surface area contributed by atoms with Crippen molar-refractivity contribution >= 4 is 5.97 Å². The zero-order valence-electron chi connectivity index (χ0n) is 14.7. The molecule has 0 radical (unpaired) electrons. The van der Waals surface area contributed by atoms with Gasteiger partial charge in [0.25, 0.3) is 0 Å². The second-order valence-electron chi connectivity index (χ2n) is 8.15. The van der Waals surface area contributed by atoms with Crippen LogP contribution in [0.15, 0.2) is 0 Å². The van der Waals surface area contributed by atoms with Crippen molar-refractivity contribution in [1.29, 1.82) is 0 Å². The molecule has 0 spiro atoms. The minimum Gasteiger partial charge on any atom is -0.462 e. The molecule has 124 valence electrons. The third-order valence-electron chi connectivity index (χ3n) is 4.84. The fourth-order valence-corrected chi connectivity index (χ4v) is 3.92. The first-order valence-electron chi connectivity index (χ1n) is 8.63. The van der Waals surface area contributed by atoms with Gasteiger partial charge in [-0.05, 0) is 61.8 Å². The SMILES string of the molecule is CC1CC(OC(=O)CCC(CCN)C(C)C)CC(C)(C)C1. The Hall–Kier alpha value is -0.570. The third kappa shape index (κ3) is 6.82. The molecule has 3 unspecified atom stereocenters. The molecule has 3 heteroatoms. The van der Waals surface area contributed by atoms with E-state index in [1.807, 2.05) is 0 Å². The quantitative estimate of drug-likeness (QED) is 0.718. The van der Waals surface area contributed by atoms with Crippen molar-refractivity contribution in [2.24, 2.45) is 28.9 Å². The molecular weight excluding hydrogens is 262 g/mol. The van der Waals surface area contributed by atoms with Gasteiger partial charge in [-0.1, -0.05) is 34.6 Å². The summed E-state index contributed by atoms with van der Waals surface area (Å²) in [5.74, 6) is 1.74. The van der Waals surface area contributed by atoms with E-state index in [0.717, 1.165) is 25.7 Å². The number of ether oxygens (including phenoxy) is 1. The van der Waals surface area contributed by atoms with Gasteiger partial charge < -0.3 is 10.5 Å². The Balaban J connectivity index is 2.39. The first-order valence-corrected chi connectivity index (χ1v) is 8.63. The lowest BCUT2D eigenvalue weighted by molar-refractivity contribution is -0.153. The van der Waals surface area contributed by atoms with Gasteiger partial charge in [0, 0.05) is 6.42 Å². The summed E-state index contributed by atoms with van der Waals surface area (Å²) < 4.78 is 5.74. The molecule has 1 rings (SSSR count). The largest absolute Gasteiger partial charge is 0.462 e. The number of carbonyl (C=O) groups is 1. The Bertz CT molecular complexity index is 325. The van der Waals surface area contributed by atoms with Crippen LogP contribution in [-0.4, -0.2) is 18.6 Å². The van der Waals surface area contributed by atoms with Crippen LogP contribution in [0.1, 0.15) is 73.1 Å². The molecule has 1 aliphatic carbocycles. The Kier molecular flexibility index (Phi) is 7.19. The molecule has 0 bridgehead atoms. The van der Waals surface area contributed by atoms with E-state index < -0.39 is 0 Å². The summed E-state index contributed by atoms with van der Waals surface area (Å²) in [6, 6.07) is 0. The normalized spacial score (nSPS) is 26.6. The van der Waals surface area contributed by atoms with Gasteiger partial charge in [-0.15, -0.1) is 0 Å². The molecule has 2 N–H and O–H groups in total. The van der Waals surface area contributed by atoms with Crippen molar-refractivity contribution in [2.75, 3.05) is 6.54 Å². The number of hydrogen-bond acceptors (Lipinski definition) is 3. The monoisotopic (exact) mass is 297 g/mol. The van der Waals surface area contributed by atoms with E-state index in [2.05, 4.69) is 34.6 Å². The topological polar surface area (TPSA) is 52.3 Å². The predicted octanol–water partition coefficient (Wildman–Crippen LogP) is 4.15. The van der Waals surface area contributed by atoms with Gasteiger partial charge in [-0.3, -0.25) is 4.79 Å². The second-order valence-corrected chi connectivity index (χ2v) is 8.15. The highest BCUT2D eigenvalue weighted by Gasteiger charge is 2.33. The van der Waals surface area contributed by atoms with Crippen molar-refractivity contribution in [3.63, 3.8) is 0 Å². The molecule has 1 fully saturated rings. The van der Waals surface area contributed by atoms with Crippen LogP contribution in [0.5, 0.6) is 0 Å². The molecule has 3 atom stereocenters. The zero-order chi connectivity index (χ0) is 16.0. The minimum atomic E-state index is -0.0208. The summed E-state index contributed by atoms with van der Waals surface area (Å²) in [7, 11) is 0. The number of hydrogen-bond donors (Lipinski definition) is 1. The molecule has 1 aliphatic rings. The number of rotatable bonds is 7. The molecule has 0 saturated heterocycles. The van der Waals surface area contributed by atoms with Crippen LogP contribution in [0, 0.1) is 23.2 Å². The Morgan fingerprint density at radius 1 is 1.29 bits per heavy atom. The molecule has 21 heavy (non-hydrogen) atoms. The fraction of sp³-hybridized carbons (Fsp3) is 0.944. The van der Waals surface area contributed by atoms with E-state index in [1.165, 1.54) is 6.42 Å². The average molecular weight is 297 g/mol. The molecule has 0 aromatic heterocycles. The van der Waals surface area contributed by atoms with Crippen LogP contribution in [0.4, 0.5) is 0 Å². The van der Waals surface area contributed by atoms with Gasteiger partial charge >= 0.3 is 5.97 Å². The number of esters is 1. The fourth-order valence-electron chi connectivity index (χ4n) is 3.92. The average Bonchev–Trinajstić information content (AvgIpc) is 2.31. The lowest BCUT2D eigenvalue weighted by atomic mass is 9.71. The Morgan fingerprint density at radius 2 is 1.95 bits per heavy atom.